The Labute approximate surface area is 105 Å². The predicted molar refractivity (Wildman–Crippen MR) is 72.1 cm³/mol. The average molecular weight is 238 g/mol. The van der Waals surface area contributed by atoms with E-state index < -0.39 is 0 Å². The molecule has 0 atom stereocenters. The number of nitrogens with zero attached hydrogens (tertiary/aromatic N) is 1. The lowest BCUT2D eigenvalue weighted by Gasteiger charge is -2.10. The number of aromatic nitrogens is 1. The van der Waals surface area contributed by atoms with Crippen LogP contribution in [-0.2, 0) is 17.8 Å². The Morgan fingerprint density at radius 1 is 1.41 bits per heavy atom. The fourth-order valence-electron chi connectivity index (χ4n) is 1.80. The normalized spacial score (nSPS) is 11.3. The summed E-state index contributed by atoms with van der Waals surface area (Å²) >= 11 is 0. The van der Waals surface area contributed by atoms with E-state index in [0.717, 1.165) is 32.7 Å². The Hall–Kier alpha value is -0.800. The predicted octanol–water partition coefficient (Wildman–Crippen LogP) is 2.80. The van der Waals surface area contributed by atoms with Gasteiger partial charge in [0, 0.05) is 31.6 Å². The van der Waals surface area contributed by atoms with Gasteiger partial charge < -0.3 is 14.6 Å². The van der Waals surface area contributed by atoms with E-state index >= 15 is 0 Å². The van der Waals surface area contributed by atoms with E-state index in [4.69, 9.17) is 4.74 Å². The topological polar surface area (TPSA) is 26.2 Å². The zero-order valence-electron chi connectivity index (χ0n) is 11.4. The first-order chi connectivity index (χ1) is 8.24. The maximum absolute atomic E-state index is 5.50. The van der Waals surface area contributed by atoms with E-state index in [1.54, 1.807) is 0 Å². The second-order valence-corrected chi connectivity index (χ2v) is 4.64. The highest BCUT2D eigenvalue weighted by Crippen LogP contribution is 2.03. The van der Waals surface area contributed by atoms with Crippen molar-refractivity contribution in [3.05, 3.63) is 24.0 Å². The van der Waals surface area contributed by atoms with Crippen molar-refractivity contribution in [1.29, 1.82) is 0 Å². The average Bonchev–Trinajstić information content (AvgIpc) is 2.71. The third kappa shape index (κ3) is 5.89. The van der Waals surface area contributed by atoms with E-state index in [0.29, 0.717) is 6.10 Å². The summed E-state index contributed by atoms with van der Waals surface area (Å²) in [5.74, 6) is 0. The number of aryl methyl sites for hydroxylation is 1. The lowest BCUT2D eigenvalue weighted by molar-refractivity contribution is 0.0770. The quantitative estimate of drug-likeness (QED) is 0.670. The molecule has 0 aromatic carbocycles. The van der Waals surface area contributed by atoms with Crippen LogP contribution in [0.25, 0.3) is 0 Å². The van der Waals surface area contributed by atoms with Crippen molar-refractivity contribution in [1.82, 2.24) is 9.88 Å². The monoisotopic (exact) mass is 238 g/mol. The lowest BCUT2D eigenvalue weighted by Crippen LogP contribution is -2.19. The van der Waals surface area contributed by atoms with Gasteiger partial charge in [0.15, 0.2) is 0 Å². The van der Waals surface area contributed by atoms with Gasteiger partial charge in [0.1, 0.15) is 0 Å². The van der Waals surface area contributed by atoms with Gasteiger partial charge in [-0.2, -0.15) is 0 Å². The maximum Gasteiger partial charge on any atom is 0.0518 e. The molecule has 3 heteroatoms. The molecule has 0 aliphatic rings. The molecule has 98 valence electrons. The molecule has 1 rings (SSSR count). The molecule has 0 amide bonds. The molecule has 1 aromatic heterocycles. The van der Waals surface area contributed by atoms with Crippen LogP contribution in [0, 0.1) is 0 Å². The number of hydrogen-bond donors (Lipinski definition) is 1. The van der Waals surface area contributed by atoms with Crippen LogP contribution >= 0.6 is 0 Å². The van der Waals surface area contributed by atoms with Crippen molar-refractivity contribution in [2.24, 2.45) is 0 Å². The van der Waals surface area contributed by atoms with Gasteiger partial charge in [-0.3, -0.25) is 0 Å². The fraction of sp³-hybridized carbons (Fsp3) is 0.714. The lowest BCUT2D eigenvalue weighted by atomic mass is 10.3. The van der Waals surface area contributed by atoms with Crippen molar-refractivity contribution in [2.45, 2.75) is 52.8 Å². The first kappa shape index (κ1) is 14.3. The van der Waals surface area contributed by atoms with Crippen LogP contribution < -0.4 is 5.32 Å². The molecule has 0 saturated heterocycles. The second kappa shape index (κ2) is 8.31. The molecule has 0 unspecified atom stereocenters. The molecule has 1 heterocycles. The highest BCUT2D eigenvalue weighted by molar-refractivity contribution is 5.06. The fourth-order valence-corrected chi connectivity index (χ4v) is 1.80. The van der Waals surface area contributed by atoms with Crippen LogP contribution in [0.3, 0.4) is 0 Å². The zero-order chi connectivity index (χ0) is 12.5. The summed E-state index contributed by atoms with van der Waals surface area (Å²) in [4.78, 5) is 0. The second-order valence-electron chi connectivity index (χ2n) is 4.64. The van der Waals surface area contributed by atoms with E-state index in [-0.39, 0.29) is 0 Å². The summed E-state index contributed by atoms with van der Waals surface area (Å²) < 4.78 is 7.81. The van der Waals surface area contributed by atoms with Crippen molar-refractivity contribution in [3.8, 4) is 0 Å². The molecule has 0 spiro atoms. The van der Waals surface area contributed by atoms with Crippen molar-refractivity contribution in [3.63, 3.8) is 0 Å². The van der Waals surface area contributed by atoms with Gasteiger partial charge in [0.25, 0.3) is 0 Å². The third-order valence-electron chi connectivity index (χ3n) is 2.64. The van der Waals surface area contributed by atoms with Gasteiger partial charge in [-0.05, 0) is 45.4 Å². The van der Waals surface area contributed by atoms with Gasteiger partial charge >= 0.3 is 0 Å². The molecular weight excluding hydrogens is 212 g/mol. The molecule has 1 aromatic rings. The molecule has 0 bridgehead atoms. The van der Waals surface area contributed by atoms with Crippen LogP contribution in [0.1, 0.15) is 39.3 Å². The minimum atomic E-state index is 0.344. The minimum absolute atomic E-state index is 0.344. The molecular formula is C14H26N2O. The highest BCUT2D eigenvalue weighted by Gasteiger charge is 1.99. The van der Waals surface area contributed by atoms with E-state index in [1.165, 1.54) is 12.1 Å². The first-order valence-corrected chi connectivity index (χ1v) is 6.70. The van der Waals surface area contributed by atoms with Crippen LogP contribution in [0.15, 0.2) is 18.3 Å². The summed E-state index contributed by atoms with van der Waals surface area (Å²) in [6, 6.07) is 4.31. The van der Waals surface area contributed by atoms with Crippen molar-refractivity contribution >= 4 is 0 Å². The number of rotatable bonds is 9. The highest BCUT2D eigenvalue weighted by atomic mass is 16.5. The van der Waals surface area contributed by atoms with Crippen molar-refractivity contribution < 1.29 is 4.74 Å². The number of ether oxygens (including phenoxy) is 1. The summed E-state index contributed by atoms with van der Waals surface area (Å²) in [5, 5.41) is 3.46. The van der Waals surface area contributed by atoms with Crippen LogP contribution in [0.5, 0.6) is 0 Å². The molecule has 0 saturated carbocycles. The largest absolute Gasteiger partial charge is 0.379 e. The molecule has 0 aliphatic carbocycles. The van der Waals surface area contributed by atoms with E-state index in [9.17, 15) is 0 Å². The summed E-state index contributed by atoms with van der Waals surface area (Å²) in [7, 11) is 0. The van der Waals surface area contributed by atoms with Gasteiger partial charge in [0.05, 0.1) is 6.10 Å². The standard InChI is InChI=1S/C14H26N2O/c1-4-9-16-10-5-7-14(16)12-15-8-6-11-17-13(2)3/h5,7,10,13,15H,4,6,8-9,11-12H2,1-3H3. The van der Waals surface area contributed by atoms with Crippen LogP contribution in [0.4, 0.5) is 0 Å². The SMILES string of the molecule is CCCn1cccc1CNCCCOC(C)C. The third-order valence-corrected chi connectivity index (χ3v) is 2.64. The molecule has 0 fully saturated rings. The molecule has 17 heavy (non-hydrogen) atoms. The smallest absolute Gasteiger partial charge is 0.0518 e. The molecule has 0 aliphatic heterocycles. The van der Waals surface area contributed by atoms with Gasteiger partial charge in [0.2, 0.25) is 0 Å². The maximum atomic E-state index is 5.50. The molecule has 3 nitrogen and oxygen atoms in total. The summed E-state index contributed by atoms with van der Waals surface area (Å²) in [5.41, 5.74) is 1.37. The minimum Gasteiger partial charge on any atom is -0.379 e. The van der Waals surface area contributed by atoms with Gasteiger partial charge in [-0.1, -0.05) is 6.92 Å². The summed E-state index contributed by atoms with van der Waals surface area (Å²) in [6.45, 7) is 10.3. The van der Waals surface area contributed by atoms with Crippen LogP contribution in [-0.4, -0.2) is 23.8 Å². The van der Waals surface area contributed by atoms with Gasteiger partial charge in [-0.25, -0.2) is 0 Å². The summed E-state index contributed by atoms with van der Waals surface area (Å²) in [6.07, 6.45) is 4.76. The zero-order valence-corrected chi connectivity index (χ0v) is 11.4. The van der Waals surface area contributed by atoms with E-state index in [1.807, 2.05) is 0 Å². The van der Waals surface area contributed by atoms with E-state index in [2.05, 4.69) is 49.0 Å². The van der Waals surface area contributed by atoms with Crippen molar-refractivity contribution in [2.75, 3.05) is 13.2 Å². The number of nitrogens with one attached hydrogen (secondary N) is 1. The Morgan fingerprint density at radius 2 is 2.24 bits per heavy atom. The Balaban J connectivity index is 2.11. The number of hydrogen-bond acceptors (Lipinski definition) is 2. The van der Waals surface area contributed by atoms with Gasteiger partial charge in [-0.15, -0.1) is 0 Å². The Morgan fingerprint density at radius 3 is 2.94 bits per heavy atom. The Bertz CT molecular complexity index is 294. The molecule has 0 radical (unpaired) electrons. The Kier molecular flexibility index (Phi) is 6.97. The van der Waals surface area contributed by atoms with Crippen LogP contribution in [0.2, 0.25) is 0 Å². The first-order valence-electron chi connectivity index (χ1n) is 6.70. The molecule has 1 N–H and O–H groups in total.